The summed E-state index contributed by atoms with van der Waals surface area (Å²) in [6.07, 6.45) is 0. The van der Waals surface area contributed by atoms with Crippen LogP contribution in [-0.4, -0.2) is 4.57 Å². The van der Waals surface area contributed by atoms with Gasteiger partial charge in [0.15, 0.2) is 0 Å². The molecule has 0 bridgehead atoms. The van der Waals surface area contributed by atoms with E-state index in [2.05, 4.69) is 162 Å². The van der Waals surface area contributed by atoms with Crippen LogP contribution in [0.2, 0.25) is 0 Å². The van der Waals surface area contributed by atoms with Crippen molar-refractivity contribution in [3.05, 3.63) is 199 Å². The second-order valence-electron chi connectivity index (χ2n) is 13.9. The first-order valence-electron chi connectivity index (χ1n) is 18.4. The maximum absolute atomic E-state index is 10.5. The molecule has 1 aromatic heterocycles. The average Bonchev–Trinajstić information content (AvgIpc) is 3.59. The van der Waals surface area contributed by atoms with Crippen molar-refractivity contribution in [2.45, 2.75) is 0 Å². The number of nitrogens with zero attached hydrogens (tertiary/aromatic N) is 3. The Hall–Kier alpha value is -7.72. The lowest BCUT2D eigenvalue weighted by Crippen LogP contribution is -1.96. The second kappa shape index (κ2) is 13.0. The molecule has 0 aliphatic rings. The van der Waals surface area contributed by atoms with Gasteiger partial charge in [-0.3, -0.25) is 0 Å². The average molecular weight is 698 g/mol. The van der Waals surface area contributed by atoms with Crippen LogP contribution in [0.4, 0.5) is 0 Å². The Kier molecular flexibility index (Phi) is 7.58. The first-order valence-corrected chi connectivity index (χ1v) is 18.4. The quantitative estimate of drug-likeness (QED) is 0.168. The summed E-state index contributed by atoms with van der Waals surface area (Å²) in [5, 5.41) is 27.0. The van der Waals surface area contributed by atoms with Crippen molar-refractivity contribution in [1.29, 1.82) is 10.5 Å². The van der Waals surface area contributed by atoms with Crippen molar-refractivity contribution in [2.24, 2.45) is 0 Å². The van der Waals surface area contributed by atoms with Gasteiger partial charge in [0, 0.05) is 16.5 Å². The zero-order valence-electron chi connectivity index (χ0n) is 29.7. The molecule has 0 fully saturated rings. The maximum atomic E-state index is 10.5. The number of hydrogen-bond donors (Lipinski definition) is 0. The minimum Gasteiger partial charge on any atom is -0.309 e. The Morgan fingerprint density at radius 3 is 1.55 bits per heavy atom. The molecular weight excluding hydrogens is 667 g/mol. The summed E-state index contributed by atoms with van der Waals surface area (Å²) in [4.78, 5) is 0. The summed E-state index contributed by atoms with van der Waals surface area (Å²) in [5.41, 5.74) is 13.1. The number of para-hydroxylation sites is 1. The number of benzene rings is 9. The summed E-state index contributed by atoms with van der Waals surface area (Å²) in [6.45, 7) is 0. The number of fused-ring (bicyclic) bond motifs is 5. The number of rotatable bonds is 5. The fraction of sp³-hybridized carbons (Fsp3) is 0. The Bertz CT molecular complexity index is 3150. The molecule has 3 heteroatoms. The normalized spacial score (nSPS) is 11.2. The van der Waals surface area contributed by atoms with Gasteiger partial charge in [0.25, 0.3) is 0 Å². The van der Waals surface area contributed by atoms with Gasteiger partial charge in [-0.25, -0.2) is 0 Å². The molecule has 3 nitrogen and oxygen atoms in total. The molecule has 0 aliphatic carbocycles. The van der Waals surface area contributed by atoms with E-state index in [0.717, 1.165) is 49.7 Å². The summed E-state index contributed by atoms with van der Waals surface area (Å²) in [6, 6.07) is 70.3. The second-order valence-corrected chi connectivity index (χ2v) is 13.9. The molecule has 55 heavy (non-hydrogen) atoms. The molecular formula is C52H31N3. The molecule has 0 saturated carbocycles. The third-order valence-corrected chi connectivity index (χ3v) is 10.9. The van der Waals surface area contributed by atoms with E-state index in [1.54, 1.807) is 0 Å². The van der Waals surface area contributed by atoms with E-state index in [1.807, 2.05) is 42.5 Å². The van der Waals surface area contributed by atoms with Gasteiger partial charge < -0.3 is 4.57 Å². The molecule has 0 spiro atoms. The number of aromatic nitrogens is 1. The molecule has 254 valence electrons. The van der Waals surface area contributed by atoms with Gasteiger partial charge in [-0.1, -0.05) is 152 Å². The first kappa shape index (κ1) is 32.0. The summed E-state index contributed by atoms with van der Waals surface area (Å²) >= 11 is 0. The molecule has 0 amide bonds. The predicted molar refractivity (Wildman–Crippen MR) is 227 cm³/mol. The fourth-order valence-corrected chi connectivity index (χ4v) is 8.45. The van der Waals surface area contributed by atoms with Crippen LogP contribution in [0.3, 0.4) is 0 Å². The molecule has 10 rings (SSSR count). The molecule has 0 atom stereocenters. The van der Waals surface area contributed by atoms with Gasteiger partial charge in [0.2, 0.25) is 0 Å². The Morgan fingerprint density at radius 2 is 0.891 bits per heavy atom. The summed E-state index contributed by atoms with van der Waals surface area (Å²) in [7, 11) is 0. The van der Waals surface area contributed by atoms with E-state index < -0.39 is 0 Å². The van der Waals surface area contributed by atoms with E-state index >= 15 is 0 Å². The SMILES string of the molecule is N#Cc1ccc2c(c1)c1ccccc1n2-c1ccc(-c2ccc(-c3ccccc3-c3c4ccccc4c(-c4ccccc4)c4ccccc34)cc2)c(C#N)c1. The van der Waals surface area contributed by atoms with Crippen LogP contribution in [0.5, 0.6) is 0 Å². The van der Waals surface area contributed by atoms with Crippen LogP contribution < -0.4 is 0 Å². The van der Waals surface area contributed by atoms with E-state index in [4.69, 9.17) is 0 Å². The molecule has 0 N–H and O–H groups in total. The number of nitriles is 2. The van der Waals surface area contributed by atoms with E-state index in [0.29, 0.717) is 11.1 Å². The summed E-state index contributed by atoms with van der Waals surface area (Å²) < 4.78 is 2.18. The van der Waals surface area contributed by atoms with Gasteiger partial charge in [0.05, 0.1) is 34.3 Å². The van der Waals surface area contributed by atoms with Crippen molar-refractivity contribution in [1.82, 2.24) is 4.57 Å². The van der Waals surface area contributed by atoms with Gasteiger partial charge in [-0.2, -0.15) is 10.5 Å². The lowest BCUT2D eigenvalue weighted by atomic mass is 9.84. The van der Waals surface area contributed by atoms with Gasteiger partial charge >= 0.3 is 0 Å². The van der Waals surface area contributed by atoms with E-state index in [9.17, 15) is 10.5 Å². The van der Waals surface area contributed by atoms with Crippen LogP contribution in [0.25, 0.3) is 93.5 Å². The van der Waals surface area contributed by atoms with Crippen LogP contribution >= 0.6 is 0 Å². The molecule has 0 aliphatic heterocycles. The molecule has 0 saturated heterocycles. The van der Waals surface area contributed by atoms with Crippen LogP contribution in [0.15, 0.2) is 188 Å². The highest BCUT2D eigenvalue weighted by molar-refractivity contribution is 6.22. The zero-order chi connectivity index (χ0) is 36.9. The lowest BCUT2D eigenvalue weighted by molar-refractivity contribution is 1.18. The van der Waals surface area contributed by atoms with Gasteiger partial charge in [0.1, 0.15) is 0 Å². The first-order chi connectivity index (χ1) is 27.2. The van der Waals surface area contributed by atoms with E-state index in [1.165, 1.54) is 43.8 Å². The minimum absolute atomic E-state index is 0.599. The highest BCUT2D eigenvalue weighted by Crippen LogP contribution is 2.46. The predicted octanol–water partition coefficient (Wildman–Crippen LogP) is 13.5. The van der Waals surface area contributed by atoms with Crippen molar-refractivity contribution < 1.29 is 0 Å². The molecule has 10 aromatic rings. The minimum atomic E-state index is 0.599. The summed E-state index contributed by atoms with van der Waals surface area (Å²) in [5.74, 6) is 0. The number of hydrogen-bond acceptors (Lipinski definition) is 2. The van der Waals surface area contributed by atoms with Crippen molar-refractivity contribution in [3.63, 3.8) is 0 Å². The highest BCUT2D eigenvalue weighted by atomic mass is 15.0. The third kappa shape index (κ3) is 5.19. The molecule has 1 heterocycles. The van der Waals surface area contributed by atoms with Gasteiger partial charge in [-0.05, 0) is 102 Å². The van der Waals surface area contributed by atoms with Crippen LogP contribution in [-0.2, 0) is 0 Å². The topological polar surface area (TPSA) is 52.5 Å². The van der Waals surface area contributed by atoms with Gasteiger partial charge in [-0.15, -0.1) is 0 Å². The fourth-order valence-electron chi connectivity index (χ4n) is 8.45. The Labute approximate surface area is 318 Å². The third-order valence-electron chi connectivity index (χ3n) is 10.9. The largest absolute Gasteiger partial charge is 0.309 e. The molecule has 0 unspecified atom stereocenters. The zero-order valence-corrected chi connectivity index (χ0v) is 29.7. The van der Waals surface area contributed by atoms with Crippen molar-refractivity contribution >= 4 is 43.4 Å². The van der Waals surface area contributed by atoms with Crippen LogP contribution in [0, 0.1) is 22.7 Å². The highest BCUT2D eigenvalue weighted by Gasteiger charge is 2.19. The Balaban J connectivity index is 1.08. The van der Waals surface area contributed by atoms with Crippen LogP contribution in [0.1, 0.15) is 11.1 Å². The molecule has 9 aromatic carbocycles. The Morgan fingerprint density at radius 1 is 0.345 bits per heavy atom. The lowest BCUT2D eigenvalue weighted by Gasteiger charge is -2.19. The molecule has 0 radical (unpaired) electrons. The van der Waals surface area contributed by atoms with Crippen molar-refractivity contribution in [3.8, 4) is 62.3 Å². The standard InChI is InChI=1S/C52H31N3/c53-32-34-22-29-50-48(30-34)42-15-10-11-21-49(42)55(50)39-27-28-40(38(31-39)33-54)35-23-25-36(26-24-35)41-14-4-5-16-43(41)52-46-19-8-6-17-44(46)51(37-12-2-1-3-13-37)45-18-7-9-20-47(45)52/h1-31H. The smallest absolute Gasteiger partial charge is 0.0998 e. The van der Waals surface area contributed by atoms with E-state index in [-0.39, 0.29) is 0 Å². The monoisotopic (exact) mass is 697 g/mol. The maximum Gasteiger partial charge on any atom is 0.0998 e. The van der Waals surface area contributed by atoms with Crippen molar-refractivity contribution in [2.75, 3.05) is 0 Å².